The fourth-order valence-corrected chi connectivity index (χ4v) is 2.31. The quantitative estimate of drug-likeness (QED) is 0.523. The van der Waals surface area contributed by atoms with E-state index < -0.39 is 0 Å². The van der Waals surface area contributed by atoms with Gasteiger partial charge in [-0.1, -0.05) is 0 Å². The predicted molar refractivity (Wildman–Crippen MR) is 83.7 cm³/mol. The highest BCUT2D eigenvalue weighted by Crippen LogP contribution is 2.22. The third kappa shape index (κ3) is 3.60. The van der Waals surface area contributed by atoms with Gasteiger partial charge in [0.1, 0.15) is 11.5 Å². The first-order valence-electron chi connectivity index (χ1n) is 6.54. The van der Waals surface area contributed by atoms with Gasteiger partial charge in [0.15, 0.2) is 5.11 Å². The van der Waals surface area contributed by atoms with Crippen LogP contribution in [0, 0.1) is 0 Å². The fraction of sp³-hybridized carbons (Fsp3) is 0.429. The maximum Gasteiger partial charge on any atom is 0.189 e. The topological polar surface area (TPSA) is 46.1 Å². The molecule has 6 heteroatoms. The number of hydrazone groups is 1. The molecule has 2 rings (SSSR count). The minimum absolute atomic E-state index is 0.672. The van der Waals surface area contributed by atoms with Crippen molar-refractivity contribution in [2.45, 2.75) is 12.8 Å². The van der Waals surface area contributed by atoms with E-state index in [0.29, 0.717) is 10.9 Å². The molecule has 0 aliphatic carbocycles. The zero-order valence-electron chi connectivity index (χ0n) is 11.8. The van der Waals surface area contributed by atoms with Gasteiger partial charge < -0.3 is 14.4 Å². The van der Waals surface area contributed by atoms with Gasteiger partial charge in [-0.25, -0.2) is 0 Å². The van der Waals surface area contributed by atoms with Gasteiger partial charge in [0.25, 0.3) is 0 Å². The number of hydrogen-bond donors (Lipinski definition) is 1. The first-order valence-corrected chi connectivity index (χ1v) is 6.95. The second-order valence-corrected chi connectivity index (χ2v) is 4.86. The summed E-state index contributed by atoms with van der Waals surface area (Å²) in [6.07, 6.45) is 4.08. The third-order valence-electron chi connectivity index (χ3n) is 3.20. The molecule has 0 atom stereocenters. The van der Waals surface area contributed by atoms with Crippen molar-refractivity contribution in [3.63, 3.8) is 0 Å². The smallest absolute Gasteiger partial charge is 0.189 e. The zero-order valence-corrected chi connectivity index (χ0v) is 12.6. The number of hydrogen-bond acceptors (Lipinski definition) is 4. The van der Waals surface area contributed by atoms with E-state index in [-0.39, 0.29) is 0 Å². The van der Waals surface area contributed by atoms with Gasteiger partial charge in [-0.2, -0.15) is 5.10 Å². The lowest BCUT2D eigenvalue weighted by atomic mass is 10.2. The van der Waals surface area contributed by atoms with Crippen LogP contribution in [0.15, 0.2) is 23.3 Å². The Balaban J connectivity index is 1.98. The van der Waals surface area contributed by atoms with Crippen LogP contribution in [0.25, 0.3) is 0 Å². The molecule has 1 aromatic rings. The minimum Gasteiger partial charge on any atom is -0.497 e. The van der Waals surface area contributed by atoms with E-state index in [9.17, 15) is 0 Å². The summed E-state index contributed by atoms with van der Waals surface area (Å²) in [5.74, 6) is 1.46. The molecule has 0 aromatic heterocycles. The summed E-state index contributed by atoms with van der Waals surface area (Å²) >= 11 is 5.28. The maximum absolute atomic E-state index is 5.30. The molecule has 1 N–H and O–H groups in total. The molecular formula is C14H19N3O2S. The minimum atomic E-state index is 0.672. The molecule has 0 unspecified atom stereocenters. The highest BCUT2D eigenvalue weighted by Gasteiger charge is 2.13. The van der Waals surface area contributed by atoms with Gasteiger partial charge in [0.2, 0.25) is 0 Å². The average molecular weight is 293 g/mol. The lowest BCUT2D eigenvalue weighted by Crippen LogP contribution is -2.34. The van der Waals surface area contributed by atoms with Crippen LogP contribution in [-0.4, -0.2) is 43.5 Å². The van der Waals surface area contributed by atoms with Gasteiger partial charge in [-0.15, -0.1) is 0 Å². The van der Waals surface area contributed by atoms with Crippen LogP contribution in [0.5, 0.6) is 11.5 Å². The van der Waals surface area contributed by atoms with Crippen molar-refractivity contribution in [3.05, 3.63) is 23.8 Å². The molecule has 1 heterocycles. The van der Waals surface area contributed by atoms with Crippen molar-refractivity contribution in [2.24, 2.45) is 5.10 Å². The lowest BCUT2D eigenvalue weighted by Gasteiger charge is -2.16. The number of benzene rings is 1. The summed E-state index contributed by atoms with van der Waals surface area (Å²) in [6, 6.07) is 5.57. The largest absolute Gasteiger partial charge is 0.497 e. The first-order chi connectivity index (χ1) is 9.74. The monoisotopic (exact) mass is 293 g/mol. The van der Waals surface area contributed by atoms with Crippen molar-refractivity contribution in [2.75, 3.05) is 27.3 Å². The van der Waals surface area contributed by atoms with Crippen LogP contribution in [-0.2, 0) is 0 Å². The summed E-state index contributed by atoms with van der Waals surface area (Å²) in [5.41, 5.74) is 3.76. The molecule has 1 aliphatic heterocycles. The molecule has 0 radical (unpaired) electrons. The number of nitrogens with one attached hydrogen (secondary N) is 1. The van der Waals surface area contributed by atoms with Crippen molar-refractivity contribution in [1.29, 1.82) is 0 Å². The van der Waals surface area contributed by atoms with Gasteiger partial charge in [-0.3, -0.25) is 5.43 Å². The molecule has 0 bridgehead atoms. The summed E-state index contributed by atoms with van der Waals surface area (Å²) in [4.78, 5) is 2.12. The molecule has 1 aromatic carbocycles. The number of thiocarbonyl (C=S) groups is 1. The highest BCUT2D eigenvalue weighted by molar-refractivity contribution is 7.80. The Bertz CT molecular complexity index is 499. The molecule has 5 nitrogen and oxygen atoms in total. The van der Waals surface area contributed by atoms with Gasteiger partial charge in [0, 0.05) is 24.7 Å². The Labute approximate surface area is 124 Å². The van der Waals surface area contributed by atoms with Crippen LogP contribution < -0.4 is 14.9 Å². The van der Waals surface area contributed by atoms with Crippen molar-refractivity contribution in [3.8, 4) is 11.5 Å². The van der Waals surface area contributed by atoms with Crippen molar-refractivity contribution < 1.29 is 9.47 Å². The van der Waals surface area contributed by atoms with E-state index in [1.807, 2.05) is 18.2 Å². The van der Waals surface area contributed by atoms with Gasteiger partial charge >= 0.3 is 0 Å². The zero-order chi connectivity index (χ0) is 14.4. The Morgan fingerprint density at radius 1 is 1.30 bits per heavy atom. The number of rotatable bonds is 4. The number of ether oxygens (including phenoxy) is 2. The Hall–Kier alpha value is -1.82. The van der Waals surface area contributed by atoms with Crippen LogP contribution >= 0.6 is 12.2 Å². The summed E-state index contributed by atoms with van der Waals surface area (Å²) < 4.78 is 10.5. The average Bonchev–Trinajstić information content (AvgIpc) is 3.01. The normalized spacial score (nSPS) is 14.6. The van der Waals surface area contributed by atoms with Gasteiger partial charge in [0.05, 0.1) is 20.4 Å². The van der Waals surface area contributed by atoms with E-state index in [0.717, 1.165) is 24.4 Å². The summed E-state index contributed by atoms with van der Waals surface area (Å²) in [6.45, 7) is 2.01. The van der Waals surface area contributed by atoms with E-state index in [1.54, 1.807) is 20.4 Å². The molecule has 1 fully saturated rings. The summed E-state index contributed by atoms with van der Waals surface area (Å²) in [7, 11) is 3.24. The predicted octanol–water partition coefficient (Wildman–Crippen LogP) is 2.01. The molecule has 1 aliphatic rings. The molecule has 1 saturated heterocycles. The Kier molecular flexibility index (Phi) is 5.17. The molecule has 108 valence electrons. The number of nitrogens with zero attached hydrogens (tertiary/aromatic N) is 2. The molecule has 0 saturated carbocycles. The van der Waals surface area contributed by atoms with Crippen LogP contribution in [0.3, 0.4) is 0 Å². The van der Waals surface area contributed by atoms with Crippen LogP contribution in [0.2, 0.25) is 0 Å². The Morgan fingerprint density at radius 2 is 2.05 bits per heavy atom. The third-order valence-corrected chi connectivity index (χ3v) is 3.55. The first kappa shape index (κ1) is 14.6. The van der Waals surface area contributed by atoms with Crippen molar-refractivity contribution >= 4 is 23.5 Å². The van der Waals surface area contributed by atoms with Gasteiger partial charge in [-0.05, 0) is 37.2 Å². The number of methoxy groups -OCH3 is 2. The second-order valence-electron chi connectivity index (χ2n) is 4.48. The standard InChI is InChI=1S/C14H19N3O2S/c1-18-12-6-5-11(13(9-12)19-2)10-15-16-14(20)17-7-3-4-8-17/h5-6,9-10H,3-4,7-8H2,1-2H3,(H,16,20)/b15-10-. The maximum atomic E-state index is 5.30. The highest BCUT2D eigenvalue weighted by atomic mass is 32.1. The lowest BCUT2D eigenvalue weighted by molar-refractivity contribution is 0.394. The molecular weight excluding hydrogens is 274 g/mol. The van der Waals surface area contributed by atoms with E-state index in [4.69, 9.17) is 21.7 Å². The fourth-order valence-electron chi connectivity index (χ4n) is 2.07. The summed E-state index contributed by atoms with van der Waals surface area (Å²) in [5, 5.41) is 4.84. The Morgan fingerprint density at radius 3 is 2.70 bits per heavy atom. The second kappa shape index (κ2) is 7.09. The van der Waals surface area contributed by atoms with Crippen LogP contribution in [0.4, 0.5) is 0 Å². The molecule has 0 spiro atoms. The van der Waals surface area contributed by atoms with E-state index in [2.05, 4.69) is 15.4 Å². The molecule has 0 amide bonds. The van der Waals surface area contributed by atoms with Crippen LogP contribution in [0.1, 0.15) is 18.4 Å². The molecule has 20 heavy (non-hydrogen) atoms. The van der Waals surface area contributed by atoms with E-state index in [1.165, 1.54) is 12.8 Å². The van der Waals surface area contributed by atoms with Crippen molar-refractivity contribution in [1.82, 2.24) is 10.3 Å². The van der Waals surface area contributed by atoms with E-state index >= 15 is 0 Å². The SMILES string of the molecule is COc1ccc(/C=N\NC(=S)N2CCCC2)c(OC)c1. The number of likely N-dealkylation sites (tertiary alicyclic amines) is 1.